The molecule has 0 aliphatic heterocycles. The molecule has 104 valence electrons. The third kappa shape index (κ3) is 5.09. The molecule has 3 amide bonds. The predicted molar refractivity (Wildman–Crippen MR) is 75.3 cm³/mol. The number of hydrogen-bond acceptors (Lipinski definition) is 5. The molecule has 0 bridgehead atoms. The van der Waals surface area contributed by atoms with Crippen molar-refractivity contribution >= 4 is 29.4 Å². The van der Waals surface area contributed by atoms with Crippen LogP contribution in [0.4, 0.5) is 10.5 Å². The first kappa shape index (κ1) is 15.2. The minimum atomic E-state index is -0.494. The minimum absolute atomic E-state index is 0.106. The van der Waals surface area contributed by atoms with Gasteiger partial charge in [-0.25, -0.2) is 4.79 Å². The number of nitrogen functional groups attached to an aromatic ring is 1. The first-order chi connectivity index (χ1) is 9.06. The maximum Gasteiger partial charge on any atom is 0.321 e. The second-order valence-corrected chi connectivity index (χ2v) is 4.62. The number of methoxy groups -OCH3 is 1. The van der Waals surface area contributed by atoms with Gasteiger partial charge >= 0.3 is 6.03 Å². The van der Waals surface area contributed by atoms with Crippen molar-refractivity contribution in [2.75, 3.05) is 25.1 Å². The molecule has 0 radical (unpaired) electrons. The monoisotopic (exact) mass is 283 g/mol. The first-order valence-corrected chi connectivity index (χ1v) is 6.69. The van der Waals surface area contributed by atoms with Crippen LogP contribution in [0.2, 0.25) is 0 Å². The minimum Gasteiger partial charge on any atom is -0.497 e. The van der Waals surface area contributed by atoms with Gasteiger partial charge in [0.15, 0.2) is 0 Å². The van der Waals surface area contributed by atoms with Crippen LogP contribution in [0, 0.1) is 0 Å². The van der Waals surface area contributed by atoms with E-state index in [4.69, 9.17) is 10.5 Å². The van der Waals surface area contributed by atoms with Crippen LogP contribution in [-0.4, -0.2) is 31.3 Å². The van der Waals surface area contributed by atoms with Gasteiger partial charge in [-0.15, -0.1) is 11.8 Å². The predicted octanol–water partition coefficient (Wildman–Crippen LogP) is 1.22. The Hall–Kier alpha value is -1.89. The van der Waals surface area contributed by atoms with E-state index >= 15 is 0 Å². The summed E-state index contributed by atoms with van der Waals surface area (Å²) in [5, 5.41) is 4.70. The van der Waals surface area contributed by atoms with E-state index in [1.807, 2.05) is 0 Å². The third-order valence-corrected chi connectivity index (χ3v) is 3.24. The van der Waals surface area contributed by atoms with Crippen molar-refractivity contribution in [3.8, 4) is 5.75 Å². The molecule has 0 aliphatic rings. The third-order valence-electron chi connectivity index (χ3n) is 2.17. The van der Waals surface area contributed by atoms with Gasteiger partial charge in [-0.1, -0.05) is 0 Å². The zero-order valence-corrected chi connectivity index (χ0v) is 11.7. The highest BCUT2D eigenvalue weighted by molar-refractivity contribution is 8.00. The molecule has 0 aliphatic carbocycles. The lowest BCUT2D eigenvalue weighted by Crippen LogP contribution is -2.40. The van der Waals surface area contributed by atoms with Crippen molar-refractivity contribution in [1.82, 2.24) is 10.6 Å². The first-order valence-electron chi connectivity index (χ1n) is 5.70. The van der Waals surface area contributed by atoms with Crippen molar-refractivity contribution in [3.05, 3.63) is 18.2 Å². The number of hydrogen-bond donors (Lipinski definition) is 3. The lowest BCUT2D eigenvalue weighted by Gasteiger charge is -2.08. The Balaban J connectivity index is 2.52. The van der Waals surface area contributed by atoms with Gasteiger partial charge in [0, 0.05) is 17.1 Å². The van der Waals surface area contributed by atoms with Crippen molar-refractivity contribution in [3.63, 3.8) is 0 Å². The molecular weight excluding hydrogens is 266 g/mol. The Morgan fingerprint density at radius 2 is 2.16 bits per heavy atom. The molecule has 0 saturated heterocycles. The Labute approximate surface area is 116 Å². The van der Waals surface area contributed by atoms with Gasteiger partial charge in [0.05, 0.1) is 12.9 Å². The SMILES string of the molecule is CCNC(=O)NC(=O)CSc1cc(OC)ccc1N. The molecule has 1 rings (SSSR count). The van der Waals surface area contributed by atoms with Gasteiger partial charge in [0.2, 0.25) is 5.91 Å². The summed E-state index contributed by atoms with van der Waals surface area (Å²) in [7, 11) is 1.56. The number of carbonyl (C=O) groups excluding carboxylic acids is 2. The maximum atomic E-state index is 11.5. The number of benzene rings is 1. The topological polar surface area (TPSA) is 93.5 Å². The number of amides is 3. The molecule has 4 N–H and O–H groups in total. The van der Waals surface area contributed by atoms with Crippen LogP contribution in [0.3, 0.4) is 0 Å². The lowest BCUT2D eigenvalue weighted by atomic mass is 10.3. The van der Waals surface area contributed by atoms with E-state index in [-0.39, 0.29) is 11.7 Å². The van der Waals surface area contributed by atoms with Crippen LogP contribution in [0.25, 0.3) is 0 Å². The fourth-order valence-electron chi connectivity index (χ4n) is 1.28. The standard InChI is InChI=1S/C12H17N3O3S/c1-3-14-12(17)15-11(16)7-19-10-6-8(18-2)4-5-9(10)13/h4-6H,3,7,13H2,1-2H3,(H2,14,15,16,17). The number of nitrogens with one attached hydrogen (secondary N) is 2. The molecule has 0 atom stereocenters. The van der Waals surface area contributed by atoms with Crippen LogP contribution in [0.1, 0.15) is 6.92 Å². The average molecular weight is 283 g/mol. The van der Waals surface area contributed by atoms with Crippen LogP contribution >= 0.6 is 11.8 Å². The summed E-state index contributed by atoms with van der Waals surface area (Å²) in [4.78, 5) is 23.4. The molecule has 7 heteroatoms. The van der Waals surface area contributed by atoms with Gasteiger partial charge in [0.25, 0.3) is 0 Å². The molecule has 0 saturated carbocycles. The summed E-state index contributed by atoms with van der Waals surface area (Å²) in [6.45, 7) is 2.24. The van der Waals surface area contributed by atoms with Gasteiger partial charge < -0.3 is 15.8 Å². The number of ether oxygens (including phenoxy) is 1. The van der Waals surface area contributed by atoms with E-state index in [9.17, 15) is 9.59 Å². The smallest absolute Gasteiger partial charge is 0.321 e. The average Bonchev–Trinajstić information content (AvgIpc) is 2.38. The van der Waals surface area contributed by atoms with Crippen LogP contribution in [0.5, 0.6) is 5.75 Å². The Bertz CT molecular complexity index is 466. The van der Waals surface area contributed by atoms with E-state index in [2.05, 4.69) is 10.6 Å². The zero-order chi connectivity index (χ0) is 14.3. The van der Waals surface area contributed by atoms with Crippen LogP contribution in [-0.2, 0) is 4.79 Å². The molecule has 0 aromatic heterocycles. The summed E-state index contributed by atoms with van der Waals surface area (Å²) < 4.78 is 5.08. The molecule has 0 spiro atoms. The largest absolute Gasteiger partial charge is 0.497 e. The maximum absolute atomic E-state index is 11.5. The molecule has 1 aromatic rings. The van der Waals surface area contributed by atoms with E-state index in [1.165, 1.54) is 11.8 Å². The van der Waals surface area contributed by atoms with Gasteiger partial charge in [-0.3, -0.25) is 10.1 Å². The molecule has 0 heterocycles. The highest BCUT2D eigenvalue weighted by atomic mass is 32.2. The highest BCUT2D eigenvalue weighted by Crippen LogP contribution is 2.28. The summed E-state index contributed by atoms with van der Waals surface area (Å²) in [6, 6.07) is 4.71. The summed E-state index contributed by atoms with van der Waals surface area (Å²) >= 11 is 1.25. The van der Waals surface area contributed by atoms with E-state index < -0.39 is 6.03 Å². The summed E-state index contributed by atoms with van der Waals surface area (Å²) in [5.74, 6) is 0.396. The Morgan fingerprint density at radius 1 is 1.42 bits per heavy atom. The molecule has 0 fully saturated rings. The Morgan fingerprint density at radius 3 is 2.79 bits per heavy atom. The fraction of sp³-hybridized carbons (Fsp3) is 0.333. The fourth-order valence-corrected chi connectivity index (χ4v) is 2.07. The van der Waals surface area contributed by atoms with E-state index in [0.717, 1.165) is 4.90 Å². The Kier molecular flexibility index (Phi) is 6.01. The normalized spacial score (nSPS) is 9.79. The molecule has 0 unspecified atom stereocenters. The second-order valence-electron chi connectivity index (χ2n) is 3.60. The van der Waals surface area contributed by atoms with Gasteiger partial charge in [0.1, 0.15) is 5.75 Å². The van der Waals surface area contributed by atoms with Gasteiger partial charge in [-0.2, -0.15) is 0 Å². The summed E-state index contributed by atoms with van der Waals surface area (Å²) in [6.07, 6.45) is 0. The van der Waals surface area contributed by atoms with Crippen LogP contribution < -0.4 is 21.1 Å². The zero-order valence-electron chi connectivity index (χ0n) is 10.9. The van der Waals surface area contributed by atoms with Crippen molar-refractivity contribution < 1.29 is 14.3 Å². The van der Waals surface area contributed by atoms with Crippen molar-refractivity contribution in [2.45, 2.75) is 11.8 Å². The number of carbonyl (C=O) groups is 2. The molecule has 19 heavy (non-hydrogen) atoms. The van der Waals surface area contributed by atoms with E-state index in [1.54, 1.807) is 32.2 Å². The second kappa shape index (κ2) is 7.52. The quantitative estimate of drug-likeness (QED) is 0.558. The molecule has 6 nitrogen and oxygen atoms in total. The number of anilines is 1. The number of thioether (sulfide) groups is 1. The van der Waals surface area contributed by atoms with Gasteiger partial charge in [-0.05, 0) is 25.1 Å². The molecule has 1 aromatic carbocycles. The number of imide groups is 1. The van der Waals surface area contributed by atoms with Crippen molar-refractivity contribution in [1.29, 1.82) is 0 Å². The van der Waals surface area contributed by atoms with Crippen LogP contribution in [0.15, 0.2) is 23.1 Å². The summed E-state index contributed by atoms with van der Waals surface area (Å²) in [5.41, 5.74) is 6.36. The number of urea groups is 1. The number of nitrogens with two attached hydrogens (primary N) is 1. The molecular formula is C12H17N3O3S. The highest BCUT2D eigenvalue weighted by Gasteiger charge is 2.09. The van der Waals surface area contributed by atoms with E-state index in [0.29, 0.717) is 18.0 Å². The number of rotatable bonds is 5. The van der Waals surface area contributed by atoms with Crippen molar-refractivity contribution in [2.24, 2.45) is 0 Å². The lowest BCUT2D eigenvalue weighted by molar-refractivity contribution is -0.117.